The second-order valence-electron chi connectivity index (χ2n) is 3.23. The monoisotopic (exact) mass is 216 g/mol. The third kappa shape index (κ3) is 2.17. The molecule has 1 rings (SSSR count). The van der Waals surface area contributed by atoms with E-state index in [9.17, 15) is 9.59 Å². The van der Waals surface area contributed by atoms with Crippen LogP contribution in [0.4, 0.5) is 0 Å². The van der Waals surface area contributed by atoms with Crippen molar-refractivity contribution in [3.63, 3.8) is 0 Å². The fourth-order valence-corrected chi connectivity index (χ4v) is 1.27. The van der Waals surface area contributed by atoms with Crippen LogP contribution in [0.25, 0.3) is 11.1 Å². The highest BCUT2D eigenvalue weighted by Gasteiger charge is 2.14. The van der Waals surface area contributed by atoms with E-state index >= 15 is 0 Å². The lowest BCUT2D eigenvalue weighted by Gasteiger charge is -2.09. The Bertz CT molecular complexity index is 445. The summed E-state index contributed by atoms with van der Waals surface area (Å²) in [5, 5.41) is 0. The van der Waals surface area contributed by atoms with Gasteiger partial charge in [0.15, 0.2) is 0 Å². The van der Waals surface area contributed by atoms with Gasteiger partial charge in [-0.15, -0.1) is 0 Å². The Hall–Kier alpha value is -2.36. The SMILES string of the molecule is C=C(C(N)=O)c1ccccc1C(=C)C(N)=O. The molecular formula is C12H12N2O2. The Morgan fingerprint density at radius 3 is 1.44 bits per heavy atom. The summed E-state index contributed by atoms with van der Waals surface area (Å²) in [4.78, 5) is 22.0. The van der Waals surface area contributed by atoms with Crippen LogP contribution in [0.1, 0.15) is 11.1 Å². The van der Waals surface area contributed by atoms with Crippen LogP contribution >= 0.6 is 0 Å². The summed E-state index contributed by atoms with van der Waals surface area (Å²) in [5.74, 6) is -1.30. The van der Waals surface area contributed by atoms with E-state index in [1.165, 1.54) is 0 Å². The molecule has 4 N–H and O–H groups in total. The van der Waals surface area contributed by atoms with Gasteiger partial charge >= 0.3 is 0 Å². The predicted octanol–water partition coefficient (Wildman–Crippen LogP) is 0.684. The van der Waals surface area contributed by atoms with Crippen LogP contribution in [-0.2, 0) is 9.59 Å². The lowest BCUT2D eigenvalue weighted by molar-refractivity contribution is -0.113. The highest BCUT2D eigenvalue weighted by Crippen LogP contribution is 2.23. The zero-order chi connectivity index (χ0) is 12.3. The summed E-state index contributed by atoms with van der Waals surface area (Å²) in [7, 11) is 0. The Morgan fingerprint density at radius 1 is 0.875 bits per heavy atom. The van der Waals surface area contributed by atoms with Gasteiger partial charge in [0.1, 0.15) is 0 Å². The van der Waals surface area contributed by atoms with E-state index in [1.807, 2.05) is 0 Å². The molecule has 0 aliphatic heterocycles. The molecule has 16 heavy (non-hydrogen) atoms. The van der Waals surface area contributed by atoms with Crippen LogP contribution in [0, 0.1) is 0 Å². The van der Waals surface area contributed by atoms with Gasteiger partial charge in [-0.2, -0.15) is 0 Å². The first-order chi connectivity index (χ1) is 7.45. The standard InChI is InChI=1S/C12H12N2O2/c1-7(11(13)15)9-5-3-4-6-10(9)8(2)12(14)16/h3-6H,1-2H2,(H2,13,15)(H2,14,16). The van der Waals surface area contributed by atoms with Gasteiger partial charge in [0.05, 0.1) is 0 Å². The normalized spacial score (nSPS) is 9.50. The average Bonchev–Trinajstić information content (AvgIpc) is 2.26. The maximum atomic E-state index is 11.0. The fraction of sp³-hybridized carbons (Fsp3) is 0. The Kier molecular flexibility index (Phi) is 3.25. The van der Waals surface area contributed by atoms with E-state index in [0.717, 1.165) is 0 Å². The number of hydrogen-bond acceptors (Lipinski definition) is 2. The molecule has 4 heteroatoms. The minimum Gasteiger partial charge on any atom is -0.366 e. The van der Waals surface area contributed by atoms with E-state index in [2.05, 4.69) is 13.2 Å². The van der Waals surface area contributed by atoms with Gasteiger partial charge in [0.25, 0.3) is 0 Å². The molecule has 0 unspecified atom stereocenters. The van der Waals surface area contributed by atoms with Gasteiger partial charge < -0.3 is 11.5 Å². The lowest BCUT2D eigenvalue weighted by Crippen LogP contribution is -2.16. The molecule has 0 aliphatic carbocycles. The number of benzene rings is 1. The fourth-order valence-electron chi connectivity index (χ4n) is 1.27. The average molecular weight is 216 g/mol. The largest absolute Gasteiger partial charge is 0.366 e. The van der Waals surface area contributed by atoms with Crippen molar-refractivity contribution >= 4 is 23.0 Å². The number of amides is 2. The summed E-state index contributed by atoms with van der Waals surface area (Å²) in [6.45, 7) is 7.12. The molecule has 2 amide bonds. The van der Waals surface area contributed by atoms with Crippen LogP contribution in [-0.4, -0.2) is 11.8 Å². The molecule has 0 saturated carbocycles. The van der Waals surface area contributed by atoms with Crippen molar-refractivity contribution in [1.29, 1.82) is 0 Å². The number of rotatable bonds is 4. The molecule has 0 radical (unpaired) electrons. The van der Waals surface area contributed by atoms with Crippen molar-refractivity contribution in [2.75, 3.05) is 0 Å². The third-order valence-electron chi connectivity index (χ3n) is 2.17. The van der Waals surface area contributed by atoms with Crippen molar-refractivity contribution < 1.29 is 9.59 Å². The highest BCUT2D eigenvalue weighted by atomic mass is 16.1. The Morgan fingerprint density at radius 2 is 1.19 bits per heavy atom. The molecule has 0 bridgehead atoms. The Labute approximate surface area is 93.2 Å². The van der Waals surface area contributed by atoms with Crippen LogP contribution in [0.15, 0.2) is 37.4 Å². The lowest BCUT2D eigenvalue weighted by atomic mass is 9.95. The second kappa shape index (κ2) is 4.44. The molecule has 0 heterocycles. The summed E-state index contributed by atoms with van der Waals surface area (Å²) >= 11 is 0. The maximum absolute atomic E-state index is 11.0. The molecule has 4 nitrogen and oxygen atoms in total. The summed E-state index contributed by atoms with van der Waals surface area (Å²) < 4.78 is 0. The molecular weight excluding hydrogens is 204 g/mol. The van der Waals surface area contributed by atoms with Crippen molar-refractivity contribution in [2.24, 2.45) is 11.5 Å². The molecule has 0 aliphatic rings. The smallest absolute Gasteiger partial charge is 0.248 e. The van der Waals surface area contributed by atoms with E-state index in [4.69, 9.17) is 11.5 Å². The summed E-state index contributed by atoms with van der Waals surface area (Å²) in [5.41, 5.74) is 11.4. The van der Waals surface area contributed by atoms with E-state index < -0.39 is 11.8 Å². The summed E-state index contributed by atoms with van der Waals surface area (Å²) in [6.07, 6.45) is 0. The first-order valence-corrected chi connectivity index (χ1v) is 4.52. The van der Waals surface area contributed by atoms with Gasteiger partial charge in [-0.3, -0.25) is 9.59 Å². The number of carbonyl (C=O) groups is 2. The van der Waals surface area contributed by atoms with Crippen molar-refractivity contribution in [3.8, 4) is 0 Å². The highest BCUT2D eigenvalue weighted by molar-refractivity contribution is 6.23. The van der Waals surface area contributed by atoms with Crippen LogP contribution in [0.2, 0.25) is 0 Å². The van der Waals surface area contributed by atoms with E-state index in [-0.39, 0.29) is 11.1 Å². The molecule has 0 saturated heterocycles. The van der Waals surface area contributed by atoms with Crippen molar-refractivity contribution in [3.05, 3.63) is 48.6 Å². The first kappa shape index (κ1) is 11.7. The minimum absolute atomic E-state index is 0.123. The van der Waals surface area contributed by atoms with Crippen LogP contribution in [0.3, 0.4) is 0 Å². The van der Waals surface area contributed by atoms with E-state index in [0.29, 0.717) is 11.1 Å². The van der Waals surface area contributed by atoms with Gasteiger partial charge in [0, 0.05) is 11.1 Å². The zero-order valence-electron chi connectivity index (χ0n) is 8.69. The first-order valence-electron chi connectivity index (χ1n) is 4.52. The molecule has 0 aromatic heterocycles. The second-order valence-corrected chi connectivity index (χ2v) is 3.23. The van der Waals surface area contributed by atoms with Gasteiger partial charge in [-0.25, -0.2) is 0 Å². The van der Waals surface area contributed by atoms with Crippen LogP contribution < -0.4 is 11.5 Å². The number of primary amides is 2. The van der Waals surface area contributed by atoms with E-state index in [1.54, 1.807) is 24.3 Å². The zero-order valence-corrected chi connectivity index (χ0v) is 8.69. The minimum atomic E-state index is -0.648. The molecule has 1 aromatic rings. The molecule has 0 spiro atoms. The maximum Gasteiger partial charge on any atom is 0.248 e. The number of carbonyl (C=O) groups excluding carboxylic acids is 2. The predicted molar refractivity (Wildman–Crippen MR) is 62.9 cm³/mol. The van der Waals surface area contributed by atoms with Gasteiger partial charge in [-0.1, -0.05) is 37.4 Å². The van der Waals surface area contributed by atoms with Gasteiger partial charge in [0.2, 0.25) is 11.8 Å². The van der Waals surface area contributed by atoms with Crippen LogP contribution in [0.5, 0.6) is 0 Å². The third-order valence-corrected chi connectivity index (χ3v) is 2.17. The summed E-state index contributed by atoms with van der Waals surface area (Å²) in [6, 6.07) is 6.69. The quantitative estimate of drug-likeness (QED) is 0.725. The molecule has 0 fully saturated rings. The van der Waals surface area contributed by atoms with Gasteiger partial charge in [-0.05, 0) is 11.1 Å². The number of nitrogens with two attached hydrogens (primary N) is 2. The molecule has 82 valence electrons. The molecule has 1 aromatic carbocycles. The van der Waals surface area contributed by atoms with Crippen molar-refractivity contribution in [2.45, 2.75) is 0 Å². The Balaban J connectivity index is 3.31. The topological polar surface area (TPSA) is 86.2 Å². The van der Waals surface area contributed by atoms with Crippen molar-refractivity contribution in [1.82, 2.24) is 0 Å². The number of hydrogen-bond donors (Lipinski definition) is 2. The molecule has 0 atom stereocenters.